The van der Waals surface area contributed by atoms with E-state index in [0.717, 1.165) is 37.6 Å². The van der Waals surface area contributed by atoms with E-state index in [0.29, 0.717) is 12.4 Å². The molecule has 0 radical (unpaired) electrons. The molecule has 1 aliphatic rings. The second-order valence-corrected chi connectivity index (χ2v) is 7.62. The fourth-order valence-corrected chi connectivity index (χ4v) is 2.94. The van der Waals surface area contributed by atoms with E-state index in [-0.39, 0.29) is 11.0 Å². The maximum atomic E-state index is 11.0. The zero-order valence-corrected chi connectivity index (χ0v) is 15.5. The first kappa shape index (κ1) is 18.3. The smallest absolute Gasteiger partial charge is 0.335 e. The zero-order valence-electron chi connectivity index (χ0n) is 15.5. The number of nitrogens with zero attached hydrogens (tertiary/aromatic N) is 3. The monoisotopic (exact) mass is 355 g/mol. The van der Waals surface area contributed by atoms with Crippen LogP contribution in [0.3, 0.4) is 0 Å². The van der Waals surface area contributed by atoms with Crippen LogP contribution < -0.4 is 4.74 Å². The highest BCUT2D eigenvalue weighted by Gasteiger charge is 2.22. The summed E-state index contributed by atoms with van der Waals surface area (Å²) in [7, 11) is 0. The topological polar surface area (TPSA) is 75.5 Å². The molecule has 0 amide bonds. The third kappa shape index (κ3) is 4.38. The van der Waals surface area contributed by atoms with Crippen LogP contribution in [0.5, 0.6) is 5.75 Å². The van der Waals surface area contributed by atoms with Gasteiger partial charge in [0.25, 0.3) is 0 Å². The van der Waals surface area contributed by atoms with E-state index in [1.807, 2.05) is 6.20 Å². The number of aromatic carboxylic acids is 1. The number of ether oxygens (including phenoxy) is 1. The molecule has 0 unspecified atom stereocenters. The van der Waals surface area contributed by atoms with Gasteiger partial charge in [0, 0.05) is 48.9 Å². The van der Waals surface area contributed by atoms with E-state index in [9.17, 15) is 4.79 Å². The van der Waals surface area contributed by atoms with E-state index in [4.69, 9.17) is 14.8 Å². The molecule has 0 saturated carbocycles. The molecule has 1 N–H and O–H groups in total. The largest absolute Gasteiger partial charge is 0.492 e. The number of rotatable bonds is 5. The number of carboxylic acid groups (broad SMARTS) is 1. The number of fused-ring (bicyclic) bond motifs is 1. The summed E-state index contributed by atoms with van der Waals surface area (Å²) in [5.74, 6) is 0.532. The molecule has 138 valence electrons. The van der Waals surface area contributed by atoms with E-state index in [1.54, 1.807) is 24.3 Å². The molecule has 0 spiro atoms. The maximum Gasteiger partial charge on any atom is 0.335 e. The van der Waals surface area contributed by atoms with Gasteiger partial charge < -0.3 is 9.84 Å². The number of hydrogen-bond donors (Lipinski definition) is 1. The van der Waals surface area contributed by atoms with Crippen molar-refractivity contribution >= 4 is 5.97 Å². The lowest BCUT2D eigenvalue weighted by molar-refractivity contribution is 0.0696. The lowest BCUT2D eigenvalue weighted by Crippen LogP contribution is -2.35. The normalized spacial score (nSPS) is 14.7. The van der Waals surface area contributed by atoms with Crippen LogP contribution in [0.4, 0.5) is 0 Å². The summed E-state index contributed by atoms with van der Waals surface area (Å²) in [6, 6.07) is 6.58. The van der Waals surface area contributed by atoms with Gasteiger partial charge in [0.2, 0.25) is 0 Å². The minimum absolute atomic E-state index is 0.0372. The Morgan fingerprint density at radius 2 is 2.15 bits per heavy atom. The Morgan fingerprint density at radius 3 is 2.88 bits per heavy atom. The van der Waals surface area contributed by atoms with Crippen molar-refractivity contribution in [2.75, 3.05) is 19.7 Å². The Kier molecular flexibility index (Phi) is 5.23. The standard InChI is InChI=1S/C20H25N3O3/c1-20(2,3)19-21-12-15-13-23(8-7-17(15)22-19)9-10-26-16-6-4-5-14(11-16)18(24)25/h4-6,11-12H,7-10,13H2,1-3H3,(H,24,25). The van der Waals surface area contributed by atoms with Crippen molar-refractivity contribution in [1.29, 1.82) is 0 Å². The van der Waals surface area contributed by atoms with Crippen LogP contribution in [0, 0.1) is 0 Å². The van der Waals surface area contributed by atoms with Gasteiger partial charge in [0.15, 0.2) is 0 Å². The minimum atomic E-state index is -0.947. The third-order valence-electron chi connectivity index (χ3n) is 4.44. The molecule has 1 aromatic carbocycles. The van der Waals surface area contributed by atoms with E-state index < -0.39 is 5.97 Å². The van der Waals surface area contributed by atoms with Crippen molar-refractivity contribution in [2.24, 2.45) is 0 Å². The second-order valence-electron chi connectivity index (χ2n) is 7.62. The summed E-state index contributed by atoms with van der Waals surface area (Å²) in [6.45, 7) is 9.42. The first-order chi connectivity index (χ1) is 12.3. The van der Waals surface area contributed by atoms with E-state index in [2.05, 4.69) is 30.7 Å². The van der Waals surface area contributed by atoms with Crippen LogP contribution in [0.1, 0.15) is 48.2 Å². The number of carbonyl (C=O) groups is 1. The van der Waals surface area contributed by atoms with Crippen LogP contribution in [0.2, 0.25) is 0 Å². The summed E-state index contributed by atoms with van der Waals surface area (Å²) in [6.07, 6.45) is 2.86. The molecule has 1 aliphatic heterocycles. The number of carboxylic acids is 1. The molecule has 6 nitrogen and oxygen atoms in total. The fraction of sp³-hybridized carbons (Fsp3) is 0.450. The summed E-state index contributed by atoms with van der Waals surface area (Å²) in [4.78, 5) is 22.6. The van der Waals surface area contributed by atoms with Crippen molar-refractivity contribution in [3.63, 3.8) is 0 Å². The molecule has 0 atom stereocenters. The van der Waals surface area contributed by atoms with Crippen LogP contribution in [-0.4, -0.2) is 45.6 Å². The molecular weight excluding hydrogens is 330 g/mol. The zero-order chi connectivity index (χ0) is 18.7. The van der Waals surface area contributed by atoms with Crippen molar-refractivity contribution < 1.29 is 14.6 Å². The number of benzene rings is 1. The minimum Gasteiger partial charge on any atom is -0.492 e. The van der Waals surface area contributed by atoms with Gasteiger partial charge in [-0.05, 0) is 18.2 Å². The van der Waals surface area contributed by atoms with Crippen LogP contribution in [0.15, 0.2) is 30.5 Å². The molecule has 0 aliphatic carbocycles. The molecule has 2 aromatic rings. The highest BCUT2D eigenvalue weighted by Crippen LogP contribution is 2.22. The van der Waals surface area contributed by atoms with Crippen LogP contribution in [0.25, 0.3) is 0 Å². The second kappa shape index (κ2) is 7.41. The Balaban J connectivity index is 1.55. The Bertz CT molecular complexity index is 799. The fourth-order valence-electron chi connectivity index (χ4n) is 2.94. The quantitative estimate of drug-likeness (QED) is 0.889. The first-order valence-electron chi connectivity index (χ1n) is 8.87. The van der Waals surface area contributed by atoms with Crippen molar-refractivity contribution in [3.8, 4) is 5.75 Å². The molecular formula is C20H25N3O3. The van der Waals surface area contributed by atoms with Gasteiger partial charge in [0.1, 0.15) is 18.2 Å². The predicted octanol–water partition coefficient (Wildman–Crippen LogP) is 2.91. The molecule has 0 bridgehead atoms. The van der Waals surface area contributed by atoms with Gasteiger partial charge in [-0.3, -0.25) is 4.90 Å². The van der Waals surface area contributed by atoms with Gasteiger partial charge in [-0.15, -0.1) is 0 Å². The van der Waals surface area contributed by atoms with Crippen molar-refractivity contribution in [1.82, 2.24) is 14.9 Å². The highest BCUT2D eigenvalue weighted by atomic mass is 16.5. The van der Waals surface area contributed by atoms with Crippen molar-refractivity contribution in [3.05, 3.63) is 53.1 Å². The van der Waals surface area contributed by atoms with E-state index >= 15 is 0 Å². The number of aromatic nitrogens is 2. The predicted molar refractivity (Wildman–Crippen MR) is 98.6 cm³/mol. The van der Waals surface area contributed by atoms with Crippen LogP contribution >= 0.6 is 0 Å². The molecule has 26 heavy (non-hydrogen) atoms. The van der Waals surface area contributed by atoms with E-state index in [1.165, 1.54) is 5.56 Å². The Labute approximate surface area is 153 Å². The van der Waals surface area contributed by atoms with Gasteiger partial charge >= 0.3 is 5.97 Å². The molecule has 2 heterocycles. The van der Waals surface area contributed by atoms with Crippen molar-refractivity contribution in [2.45, 2.75) is 39.2 Å². The summed E-state index contributed by atoms with van der Waals surface area (Å²) in [5.41, 5.74) is 2.53. The lowest BCUT2D eigenvalue weighted by atomic mass is 9.95. The van der Waals surface area contributed by atoms with Gasteiger partial charge in [0.05, 0.1) is 5.56 Å². The molecule has 6 heteroatoms. The van der Waals surface area contributed by atoms with Crippen LogP contribution in [-0.2, 0) is 18.4 Å². The summed E-state index contributed by atoms with van der Waals surface area (Å²) < 4.78 is 5.72. The van der Waals surface area contributed by atoms with Gasteiger partial charge in [-0.2, -0.15) is 0 Å². The summed E-state index contributed by atoms with van der Waals surface area (Å²) >= 11 is 0. The SMILES string of the molecule is CC(C)(C)c1ncc2c(n1)CCN(CCOc1cccc(C(=O)O)c1)C2. The van der Waals surface area contributed by atoms with Gasteiger partial charge in [-0.1, -0.05) is 26.8 Å². The lowest BCUT2D eigenvalue weighted by Gasteiger charge is -2.29. The summed E-state index contributed by atoms with van der Waals surface area (Å²) in [5, 5.41) is 9.03. The molecule has 1 aromatic heterocycles. The molecule has 0 fully saturated rings. The Morgan fingerprint density at radius 1 is 1.35 bits per heavy atom. The maximum absolute atomic E-state index is 11.0. The molecule has 0 saturated heterocycles. The average molecular weight is 355 g/mol. The number of hydrogen-bond acceptors (Lipinski definition) is 5. The highest BCUT2D eigenvalue weighted by molar-refractivity contribution is 5.87. The molecule has 3 rings (SSSR count). The average Bonchev–Trinajstić information content (AvgIpc) is 2.60. The van der Waals surface area contributed by atoms with Gasteiger partial charge in [-0.25, -0.2) is 14.8 Å². The Hall–Kier alpha value is -2.47. The first-order valence-corrected chi connectivity index (χ1v) is 8.87. The third-order valence-corrected chi connectivity index (χ3v) is 4.44.